The summed E-state index contributed by atoms with van der Waals surface area (Å²) in [4.78, 5) is 0. The molecule has 0 saturated carbocycles. The molecule has 0 aliphatic carbocycles. The molecule has 0 aliphatic heterocycles. The Kier molecular flexibility index (Phi) is 5.27. The Balaban J connectivity index is 2.77. The van der Waals surface area contributed by atoms with Crippen LogP contribution in [0.4, 0.5) is 22.0 Å². The highest BCUT2D eigenvalue weighted by Gasteiger charge is 2.79. The Morgan fingerprint density at radius 1 is 0.625 bits per heavy atom. The van der Waals surface area contributed by atoms with Crippen LogP contribution in [0, 0.1) is 0 Å². The maximum atomic E-state index is 15.7. The average Bonchev–Trinajstić information content (AvgIpc) is 2.54. The molecule has 0 unspecified atom stereocenters. The van der Waals surface area contributed by atoms with Crippen molar-refractivity contribution in [1.82, 2.24) is 0 Å². The maximum Gasteiger partial charge on any atom is 0.424 e. The van der Waals surface area contributed by atoms with Gasteiger partial charge in [0, 0.05) is 0 Å². The lowest BCUT2D eigenvalue weighted by molar-refractivity contribution is -0.228. The third-order valence-corrected chi connectivity index (χ3v) is 6.69. The zero-order chi connectivity index (χ0) is 18.2. The molecular weight excluding hydrogens is 410 g/mol. The lowest BCUT2D eigenvalue weighted by Gasteiger charge is -2.40. The molecule has 0 fully saturated rings. The van der Waals surface area contributed by atoms with E-state index in [9.17, 15) is 17.6 Å². The van der Waals surface area contributed by atoms with Crippen LogP contribution in [0.3, 0.4) is 0 Å². The minimum Gasteiger partial charge on any atom is -0.226 e. The number of hydrogen-bond acceptors (Lipinski definition) is 0. The molecule has 9 heteroatoms. The second-order valence-electron chi connectivity index (χ2n) is 5.04. The number of alkyl halides is 5. The first-order valence-electron chi connectivity index (χ1n) is 6.58. The summed E-state index contributed by atoms with van der Waals surface area (Å²) in [5.41, 5.74) is -10.4. The Hall–Kier alpha value is -0.823. The van der Waals surface area contributed by atoms with E-state index in [2.05, 4.69) is 0 Å². The van der Waals surface area contributed by atoms with Crippen molar-refractivity contribution in [3.8, 4) is 0 Å². The molecule has 0 bridgehead atoms. The first kappa shape index (κ1) is 19.5. The van der Waals surface area contributed by atoms with Crippen LogP contribution < -0.4 is 0 Å². The van der Waals surface area contributed by atoms with E-state index in [4.69, 9.17) is 33.2 Å². The maximum absolute atomic E-state index is 15.7. The summed E-state index contributed by atoms with van der Waals surface area (Å²) in [5, 5.41) is 0. The minimum absolute atomic E-state index is 0.663. The molecule has 2 aromatic rings. The van der Waals surface area contributed by atoms with Gasteiger partial charge >= 0.3 is 17.5 Å². The molecular formula is C15H10Cl3F5Si. The fourth-order valence-electron chi connectivity index (χ4n) is 2.26. The van der Waals surface area contributed by atoms with Crippen molar-refractivity contribution in [3.05, 3.63) is 71.8 Å². The van der Waals surface area contributed by atoms with Gasteiger partial charge in [-0.2, -0.15) is 17.6 Å². The van der Waals surface area contributed by atoms with E-state index in [1.807, 2.05) is 0 Å². The number of hydrogen-bond donors (Lipinski definition) is 0. The van der Waals surface area contributed by atoms with Crippen LogP contribution in [0.25, 0.3) is 0 Å². The van der Waals surface area contributed by atoms with Crippen LogP contribution in [0.5, 0.6) is 0 Å². The quantitative estimate of drug-likeness (QED) is 0.300. The third kappa shape index (κ3) is 2.94. The molecule has 0 amide bonds. The van der Waals surface area contributed by atoms with E-state index in [1.165, 1.54) is 36.4 Å². The van der Waals surface area contributed by atoms with Crippen LogP contribution in [0.2, 0.25) is 0 Å². The number of rotatable bonds is 5. The fraction of sp³-hybridized carbons (Fsp3) is 0.200. The molecule has 0 aliphatic rings. The standard InChI is InChI=1S/C15H10Cl3F5Si/c16-24(17,18)15(22,23)14(20,21)13(19,11-7-3-1-4-8-11)12-9-5-2-6-10-12/h1-10H. The van der Waals surface area contributed by atoms with Crippen LogP contribution >= 0.6 is 33.2 Å². The topological polar surface area (TPSA) is 0 Å². The van der Waals surface area contributed by atoms with Crippen molar-refractivity contribution in [2.24, 2.45) is 0 Å². The molecule has 2 rings (SSSR count). The molecule has 0 spiro atoms. The molecule has 0 heterocycles. The number of halogens is 8. The van der Waals surface area contributed by atoms with Crippen LogP contribution in [-0.4, -0.2) is 17.5 Å². The minimum atomic E-state index is -5.30. The van der Waals surface area contributed by atoms with Gasteiger partial charge in [-0.3, -0.25) is 0 Å². The van der Waals surface area contributed by atoms with E-state index < -0.39 is 34.3 Å². The molecule has 2 aromatic carbocycles. The van der Waals surface area contributed by atoms with Gasteiger partial charge in [0.2, 0.25) is 5.67 Å². The van der Waals surface area contributed by atoms with Gasteiger partial charge < -0.3 is 0 Å². The predicted octanol–water partition coefficient (Wildman–Crippen LogP) is 6.36. The van der Waals surface area contributed by atoms with Gasteiger partial charge in [0.15, 0.2) is 0 Å². The molecule has 0 radical (unpaired) electrons. The van der Waals surface area contributed by atoms with Crippen molar-refractivity contribution in [2.75, 3.05) is 0 Å². The normalized spacial score (nSPS) is 13.8. The second-order valence-corrected chi connectivity index (χ2v) is 13.5. The summed E-state index contributed by atoms with van der Waals surface area (Å²) >= 11 is 15.5. The smallest absolute Gasteiger partial charge is 0.226 e. The molecule has 0 atom stereocenters. The highest BCUT2D eigenvalue weighted by molar-refractivity contribution is 7.65. The van der Waals surface area contributed by atoms with Gasteiger partial charge in [0.05, 0.1) is 0 Å². The van der Waals surface area contributed by atoms with Gasteiger partial charge in [-0.1, -0.05) is 60.7 Å². The fourth-order valence-corrected chi connectivity index (χ4v) is 3.86. The van der Waals surface area contributed by atoms with Gasteiger partial charge in [-0.15, -0.1) is 33.2 Å². The Labute approximate surface area is 150 Å². The highest BCUT2D eigenvalue weighted by atomic mass is 35.8. The molecule has 0 N–H and O–H groups in total. The summed E-state index contributed by atoms with van der Waals surface area (Å²) in [6.07, 6.45) is 0. The van der Waals surface area contributed by atoms with Gasteiger partial charge in [0.25, 0.3) is 0 Å². The molecule has 0 nitrogen and oxygen atoms in total. The largest absolute Gasteiger partial charge is 0.424 e. The molecule has 130 valence electrons. The summed E-state index contributed by atoms with van der Waals surface area (Å²) in [6, 6.07) is 6.54. The van der Waals surface area contributed by atoms with Gasteiger partial charge in [0.1, 0.15) is 0 Å². The summed E-state index contributed by atoms with van der Waals surface area (Å²) in [5.74, 6) is -5.29. The zero-order valence-corrected chi connectivity index (χ0v) is 15.1. The molecule has 0 saturated heterocycles. The van der Waals surface area contributed by atoms with Crippen molar-refractivity contribution in [3.63, 3.8) is 0 Å². The third-order valence-electron chi connectivity index (χ3n) is 3.53. The van der Waals surface area contributed by atoms with Crippen molar-refractivity contribution in [2.45, 2.75) is 17.1 Å². The summed E-state index contributed by atoms with van der Waals surface area (Å²) in [6.45, 7) is 0. The molecule has 24 heavy (non-hydrogen) atoms. The van der Waals surface area contributed by atoms with E-state index in [-0.39, 0.29) is 0 Å². The van der Waals surface area contributed by atoms with Crippen molar-refractivity contribution in [1.29, 1.82) is 0 Å². The zero-order valence-electron chi connectivity index (χ0n) is 11.8. The highest BCUT2D eigenvalue weighted by Crippen LogP contribution is 2.58. The summed E-state index contributed by atoms with van der Waals surface area (Å²) in [7, 11) is 0. The lowest BCUT2D eigenvalue weighted by Crippen LogP contribution is -2.62. The van der Waals surface area contributed by atoms with Crippen LogP contribution in [0.15, 0.2) is 60.7 Å². The lowest BCUT2D eigenvalue weighted by atomic mass is 9.82. The SMILES string of the molecule is FC(c1ccccc1)(c1ccccc1)C(F)(F)C(F)(F)[Si](Cl)(Cl)Cl. The first-order valence-corrected chi connectivity index (χ1v) is 11.6. The molecule has 0 aromatic heterocycles. The average molecular weight is 420 g/mol. The Morgan fingerprint density at radius 2 is 0.958 bits per heavy atom. The van der Waals surface area contributed by atoms with E-state index in [0.29, 0.717) is 0 Å². The van der Waals surface area contributed by atoms with Crippen molar-refractivity contribution >= 4 is 39.2 Å². The monoisotopic (exact) mass is 418 g/mol. The van der Waals surface area contributed by atoms with E-state index in [1.54, 1.807) is 0 Å². The van der Waals surface area contributed by atoms with E-state index >= 15 is 4.39 Å². The second kappa shape index (κ2) is 6.48. The van der Waals surface area contributed by atoms with Crippen LogP contribution in [0.1, 0.15) is 11.1 Å². The van der Waals surface area contributed by atoms with Crippen LogP contribution in [-0.2, 0) is 5.67 Å². The Bertz CT molecular complexity index is 650. The Morgan fingerprint density at radius 3 is 1.25 bits per heavy atom. The number of benzene rings is 2. The summed E-state index contributed by atoms with van der Waals surface area (Å²) < 4.78 is 73.7. The first-order chi connectivity index (χ1) is 11.0. The van der Waals surface area contributed by atoms with Gasteiger partial charge in [-0.05, 0) is 11.1 Å². The van der Waals surface area contributed by atoms with Crippen molar-refractivity contribution < 1.29 is 22.0 Å². The van der Waals surface area contributed by atoms with E-state index in [0.717, 1.165) is 24.3 Å². The predicted molar refractivity (Wildman–Crippen MR) is 88.0 cm³/mol. The van der Waals surface area contributed by atoms with Gasteiger partial charge in [-0.25, -0.2) is 4.39 Å².